The van der Waals surface area contributed by atoms with Crippen molar-refractivity contribution in [3.63, 3.8) is 0 Å². The molecule has 30 heavy (non-hydrogen) atoms. The van der Waals surface area contributed by atoms with Crippen LogP contribution in [0.5, 0.6) is 0 Å². The maximum atomic E-state index is 12.6. The molecule has 0 atom stereocenters. The van der Waals surface area contributed by atoms with E-state index in [9.17, 15) is 14.4 Å². The summed E-state index contributed by atoms with van der Waals surface area (Å²) in [5.41, 5.74) is 2.71. The topological polar surface area (TPSA) is 102 Å². The van der Waals surface area contributed by atoms with Gasteiger partial charge in [0, 0.05) is 11.3 Å². The van der Waals surface area contributed by atoms with Crippen LogP contribution in [0.15, 0.2) is 48.5 Å². The number of imidazole rings is 1. The van der Waals surface area contributed by atoms with Gasteiger partial charge in [-0.25, -0.2) is 4.98 Å². The zero-order valence-electron chi connectivity index (χ0n) is 16.7. The Balaban J connectivity index is 1.65. The predicted molar refractivity (Wildman–Crippen MR) is 116 cm³/mol. The molecule has 2 N–H and O–H groups in total. The predicted octanol–water partition coefficient (Wildman–Crippen LogP) is 2.44. The summed E-state index contributed by atoms with van der Waals surface area (Å²) >= 11 is 1.64. The number of nitrogens with one attached hydrogen (secondary N) is 2. The van der Waals surface area contributed by atoms with Crippen LogP contribution in [-0.2, 0) is 26.6 Å². The van der Waals surface area contributed by atoms with E-state index in [0.717, 1.165) is 16.9 Å². The molecule has 0 spiro atoms. The number of carbonyl (C=O) groups excluding carboxylic acids is 3. The van der Waals surface area contributed by atoms with Crippen molar-refractivity contribution in [3.05, 3.63) is 59.9 Å². The van der Waals surface area contributed by atoms with E-state index < -0.39 is 11.9 Å². The van der Waals surface area contributed by atoms with E-state index in [0.29, 0.717) is 17.0 Å². The van der Waals surface area contributed by atoms with Gasteiger partial charge >= 0.3 is 5.97 Å². The highest BCUT2D eigenvalue weighted by Crippen LogP contribution is 2.19. The van der Waals surface area contributed by atoms with Crippen molar-refractivity contribution in [1.82, 2.24) is 14.9 Å². The van der Waals surface area contributed by atoms with Crippen molar-refractivity contribution >= 4 is 46.3 Å². The summed E-state index contributed by atoms with van der Waals surface area (Å²) < 4.78 is 6.40. The van der Waals surface area contributed by atoms with Gasteiger partial charge in [-0.1, -0.05) is 12.1 Å². The highest BCUT2D eigenvalue weighted by atomic mass is 32.2. The summed E-state index contributed by atoms with van der Waals surface area (Å²) in [5.74, 6) is 0.432. The number of esters is 1. The Hall–Kier alpha value is -3.33. The monoisotopic (exact) mass is 426 g/mol. The van der Waals surface area contributed by atoms with Crippen molar-refractivity contribution < 1.29 is 19.1 Å². The van der Waals surface area contributed by atoms with Crippen LogP contribution < -0.4 is 10.6 Å². The summed E-state index contributed by atoms with van der Waals surface area (Å²) in [6.07, 6.45) is 1.99. The maximum absolute atomic E-state index is 12.6. The average Bonchev–Trinajstić information content (AvgIpc) is 3.09. The fraction of sp³-hybridized carbons (Fsp3) is 0.238. The van der Waals surface area contributed by atoms with E-state index in [1.54, 1.807) is 36.0 Å². The normalized spacial score (nSPS) is 10.6. The number of carbonyl (C=O) groups is 3. The summed E-state index contributed by atoms with van der Waals surface area (Å²) in [7, 11) is 1.25. The quantitative estimate of drug-likeness (QED) is 0.537. The fourth-order valence-corrected chi connectivity index (χ4v) is 3.40. The van der Waals surface area contributed by atoms with Crippen molar-refractivity contribution in [3.8, 4) is 0 Å². The zero-order valence-corrected chi connectivity index (χ0v) is 17.5. The Morgan fingerprint density at radius 1 is 1.10 bits per heavy atom. The molecule has 2 aromatic carbocycles. The number of ether oxygens (including phenoxy) is 1. The number of methoxy groups -OCH3 is 1. The molecule has 0 aliphatic rings. The first-order valence-corrected chi connectivity index (χ1v) is 10.6. The van der Waals surface area contributed by atoms with Gasteiger partial charge in [0.2, 0.25) is 5.91 Å². The van der Waals surface area contributed by atoms with Crippen LogP contribution in [0.4, 0.5) is 5.69 Å². The molecule has 3 rings (SSSR count). The number of fused-ring (bicyclic) bond motifs is 1. The number of aromatic nitrogens is 2. The number of nitrogens with zero attached hydrogens (tertiary/aromatic N) is 2. The smallest absolute Gasteiger partial charge is 0.325 e. The minimum Gasteiger partial charge on any atom is -0.468 e. The lowest BCUT2D eigenvalue weighted by atomic mass is 10.2. The second-order valence-corrected chi connectivity index (χ2v) is 7.29. The first-order valence-electron chi connectivity index (χ1n) is 9.20. The van der Waals surface area contributed by atoms with Crippen LogP contribution >= 0.6 is 11.8 Å². The van der Waals surface area contributed by atoms with Crippen LogP contribution in [0.1, 0.15) is 16.2 Å². The Kier molecular flexibility index (Phi) is 7.08. The van der Waals surface area contributed by atoms with E-state index in [1.807, 2.05) is 35.1 Å². The van der Waals surface area contributed by atoms with Crippen molar-refractivity contribution in [2.45, 2.75) is 12.3 Å². The molecular weight excluding hydrogens is 404 g/mol. The second kappa shape index (κ2) is 9.93. The van der Waals surface area contributed by atoms with Crippen molar-refractivity contribution in [2.75, 3.05) is 25.2 Å². The number of hydrogen-bond donors (Lipinski definition) is 2. The average molecular weight is 426 g/mol. The maximum Gasteiger partial charge on any atom is 0.325 e. The third kappa shape index (κ3) is 5.18. The number of anilines is 1. The van der Waals surface area contributed by atoms with Crippen LogP contribution in [0.2, 0.25) is 0 Å². The number of para-hydroxylation sites is 2. The van der Waals surface area contributed by atoms with Gasteiger partial charge in [0.15, 0.2) is 0 Å². The first-order chi connectivity index (χ1) is 14.5. The molecule has 0 aliphatic carbocycles. The fourth-order valence-electron chi connectivity index (χ4n) is 2.92. The van der Waals surface area contributed by atoms with E-state index in [-0.39, 0.29) is 19.0 Å². The van der Waals surface area contributed by atoms with Crippen molar-refractivity contribution in [2.24, 2.45) is 0 Å². The van der Waals surface area contributed by atoms with Crippen LogP contribution in [0, 0.1) is 0 Å². The highest BCUT2D eigenvalue weighted by Gasteiger charge is 2.14. The molecule has 0 saturated heterocycles. The Labute approximate surface area is 178 Å². The summed E-state index contributed by atoms with van der Waals surface area (Å²) in [6.45, 7) is -0.0666. The van der Waals surface area contributed by atoms with Gasteiger partial charge < -0.3 is 19.9 Å². The Morgan fingerprint density at radius 2 is 1.83 bits per heavy atom. The van der Waals surface area contributed by atoms with Crippen molar-refractivity contribution in [1.29, 1.82) is 0 Å². The van der Waals surface area contributed by atoms with Gasteiger partial charge in [-0.15, -0.1) is 0 Å². The molecule has 8 nitrogen and oxygen atoms in total. The summed E-state index contributed by atoms with van der Waals surface area (Å²) in [6, 6.07) is 14.1. The largest absolute Gasteiger partial charge is 0.468 e. The molecule has 0 aliphatic heterocycles. The van der Waals surface area contributed by atoms with Gasteiger partial charge in [0.05, 0.1) is 23.9 Å². The minimum atomic E-state index is -0.528. The molecule has 156 valence electrons. The molecular formula is C21H22N4O4S. The molecule has 0 fully saturated rings. The van der Waals surface area contributed by atoms with Crippen LogP contribution in [-0.4, -0.2) is 47.2 Å². The highest BCUT2D eigenvalue weighted by molar-refractivity contribution is 7.97. The molecule has 9 heteroatoms. The molecule has 0 unspecified atom stereocenters. The molecule has 0 radical (unpaired) electrons. The number of thioether (sulfide) groups is 1. The lowest BCUT2D eigenvalue weighted by Crippen LogP contribution is -2.30. The lowest BCUT2D eigenvalue weighted by molar-refractivity contribution is -0.139. The lowest BCUT2D eigenvalue weighted by Gasteiger charge is -2.10. The third-order valence-electron chi connectivity index (χ3n) is 4.36. The number of hydrogen-bond acceptors (Lipinski definition) is 6. The van der Waals surface area contributed by atoms with Gasteiger partial charge in [0.25, 0.3) is 5.91 Å². The van der Waals surface area contributed by atoms with Gasteiger partial charge in [-0.2, -0.15) is 11.8 Å². The van der Waals surface area contributed by atoms with E-state index in [2.05, 4.69) is 20.4 Å². The molecule has 1 aromatic heterocycles. The number of amides is 2. The molecule has 0 saturated carbocycles. The zero-order chi connectivity index (χ0) is 21.5. The Bertz CT molecular complexity index is 1060. The molecule has 3 aromatic rings. The van der Waals surface area contributed by atoms with E-state index in [1.165, 1.54) is 7.11 Å². The SMILES string of the molecule is COC(=O)CNC(=O)c1ccc(NC(=O)Cn2c(CSC)nc3ccccc32)cc1. The number of rotatable bonds is 8. The molecule has 1 heterocycles. The second-order valence-electron chi connectivity index (χ2n) is 6.42. The number of benzene rings is 2. The van der Waals surface area contributed by atoms with E-state index >= 15 is 0 Å². The van der Waals surface area contributed by atoms with Gasteiger partial charge in [0.1, 0.15) is 18.9 Å². The van der Waals surface area contributed by atoms with Gasteiger partial charge in [-0.3, -0.25) is 14.4 Å². The third-order valence-corrected chi connectivity index (χ3v) is 4.91. The van der Waals surface area contributed by atoms with Crippen LogP contribution in [0.3, 0.4) is 0 Å². The molecule has 0 bridgehead atoms. The molecule has 2 amide bonds. The minimum absolute atomic E-state index is 0.137. The van der Waals surface area contributed by atoms with E-state index in [4.69, 9.17) is 0 Å². The first kappa shape index (κ1) is 21.4. The summed E-state index contributed by atoms with van der Waals surface area (Å²) in [5, 5.41) is 5.30. The van der Waals surface area contributed by atoms with Crippen LogP contribution in [0.25, 0.3) is 11.0 Å². The van der Waals surface area contributed by atoms with Gasteiger partial charge in [-0.05, 0) is 42.7 Å². The summed E-state index contributed by atoms with van der Waals surface area (Å²) in [4.78, 5) is 40.3. The Morgan fingerprint density at radius 3 is 2.53 bits per heavy atom. The standard InChI is InChI=1S/C21H22N4O4S/c1-29-20(27)11-22-21(28)14-7-9-15(10-8-14)23-19(26)12-25-17-6-4-3-5-16(17)24-18(25)13-30-2/h3-10H,11-13H2,1-2H3,(H,22,28)(H,23,26).